The summed E-state index contributed by atoms with van der Waals surface area (Å²) in [7, 11) is 1.85. The number of likely N-dealkylation sites (tertiary alicyclic amines) is 1. The molecule has 1 aliphatic heterocycles. The first kappa shape index (κ1) is 16.2. The Morgan fingerprint density at radius 1 is 1.39 bits per heavy atom. The van der Waals surface area contributed by atoms with Gasteiger partial charge in [-0.25, -0.2) is 0 Å². The Morgan fingerprint density at radius 3 is 2.78 bits per heavy atom. The summed E-state index contributed by atoms with van der Waals surface area (Å²) >= 11 is 12.1. The number of nitrogens with zero attached hydrogens (tertiary/aromatic N) is 4. The van der Waals surface area contributed by atoms with E-state index < -0.39 is 0 Å². The van der Waals surface area contributed by atoms with Gasteiger partial charge in [0, 0.05) is 45.0 Å². The molecule has 0 saturated carbocycles. The predicted octanol–water partition coefficient (Wildman–Crippen LogP) is 1.82. The third-order valence-corrected chi connectivity index (χ3v) is 4.71. The standard InChI is InChI=1S/C15H17Cl2N5O/c1-21-5-9(3-20-21)11-6-22(7-12(11)15(18)23)8-14-13(17)2-10(16)4-19-14/h2-5,11-12H,6-8H2,1H3,(H2,18,23)/t11-,12+/m1/s1. The molecule has 6 nitrogen and oxygen atoms in total. The summed E-state index contributed by atoms with van der Waals surface area (Å²) in [6.07, 6.45) is 5.29. The highest BCUT2D eigenvalue weighted by Crippen LogP contribution is 2.33. The highest BCUT2D eigenvalue weighted by atomic mass is 35.5. The molecule has 3 rings (SSSR count). The van der Waals surface area contributed by atoms with Gasteiger partial charge in [0.15, 0.2) is 0 Å². The lowest BCUT2D eigenvalue weighted by atomic mass is 9.90. The molecular weight excluding hydrogens is 337 g/mol. The molecule has 23 heavy (non-hydrogen) atoms. The van der Waals surface area contributed by atoms with Crippen molar-refractivity contribution >= 4 is 29.1 Å². The number of carbonyl (C=O) groups excluding carboxylic acids is 1. The van der Waals surface area contributed by atoms with E-state index in [4.69, 9.17) is 28.9 Å². The average Bonchev–Trinajstić information content (AvgIpc) is 3.08. The quantitative estimate of drug-likeness (QED) is 0.909. The Kier molecular flexibility index (Phi) is 4.57. The Balaban J connectivity index is 1.78. The van der Waals surface area contributed by atoms with Gasteiger partial charge in [0.25, 0.3) is 0 Å². The molecule has 0 bridgehead atoms. The van der Waals surface area contributed by atoms with Crippen LogP contribution in [0.3, 0.4) is 0 Å². The third-order valence-electron chi connectivity index (χ3n) is 4.17. The van der Waals surface area contributed by atoms with E-state index in [1.807, 2.05) is 13.2 Å². The first-order chi connectivity index (χ1) is 10.9. The molecule has 1 amide bonds. The largest absolute Gasteiger partial charge is 0.369 e. The minimum absolute atomic E-state index is 0.0345. The lowest BCUT2D eigenvalue weighted by Crippen LogP contribution is -2.29. The van der Waals surface area contributed by atoms with Crippen molar-refractivity contribution in [3.8, 4) is 0 Å². The molecule has 2 aromatic heterocycles. The molecule has 0 radical (unpaired) electrons. The second kappa shape index (κ2) is 6.47. The fraction of sp³-hybridized carbons (Fsp3) is 0.400. The molecule has 2 aromatic rings. The molecular formula is C15H17Cl2N5O. The van der Waals surface area contributed by atoms with Crippen molar-refractivity contribution in [2.24, 2.45) is 18.7 Å². The maximum absolute atomic E-state index is 11.8. The summed E-state index contributed by atoms with van der Waals surface area (Å²) in [5, 5.41) is 5.21. The van der Waals surface area contributed by atoms with Gasteiger partial charge in [-0.15, -0.1) is 0 Å². The van der Waals surface area contributed by atoms with Gasteiger partial charge in [-0.1, -0.05) is 23.2 Å². The van der Waals surface area contributed by atoms with Crippen molar-refractivity contribution in [2.45, 2.75) is 12.5 Å². The van der Waals surface area contributed by atoms with Crippen LogP contribution in [0.5, 0.6) is 0 Å². The fourth-order valence-electron chi connectivity index (χ4n) is 3.04. The van der Waals surface area contributed by atoms with Crippen molar-refractivity contribution in [2.75, 3.05) is 13.1 Å². The van der Waals surface area contributed by atoms with E-state index in [1.54, 1.807) is 23.1 Å². The summed E-state index contributed by atoms with van der Waals surface area (Å²) in [5.41, 5.74) is 7.35. The predicted molar refractivity (Wildman–Crippen MR) is 88.2 cm³/mol. The minimum atomic E-state index is -0.295. The number of hydrogen-bond donors (Lipinski definition) is 1. The number of amides is 1. The number of nitrogens with two attached hydrogens (primary N) is 1. The van der Waals surface area contributed by atoms with Crippen LogP contribution in [-0.4, -0.2) is 38.7 Å². The van der Waals surface area contributed by atoms with Crippen LogP contribution in [0, 0.1) is 5.92 Å². The molecule has 2 atom stereocenters. The summed E-state index contributed by atoms with van der Waals surface area (Å²) in [6, 6.07) is 1.67. The highest BCUT2D eigenvalue weighted by Gasteiger charge is 2.38. The van der Waals surface area contributed by atoms with Crippen LogP contribution >= 0.6 is 23.2 Å². The molecule has 3 heterocycles. The SMILES string of the molecule is Cn1cc([C@H]2CN(Cc3ncc(Cl)cc3Cl)C[C@@H]2C(N)=O)cn1. The van der Waals surface area contributed by atoms with Crippen LogP contribution in [0.4, 0.5) is 0 Å². The van der Waals surface area contributed by atoms with Crippen molar-refractivity contribution in [3.63, 3.8) is 0 Å². The number of halogens is 2. The monoisotopic (exact) mass is 353 g/mol. The van der Waals surface area contributed by atoms with Gasteiger partial charge in [0.2, 0.25) is 5.91 Å². The van der Waals surface area contributed by atoms with E-state index in [-0.39, 0.29) is 17.7 Å². The zero-order valence-electron chi connectivity index (χ0n) is 12.6. The second-order valence-electron chi connectivity index (χ2n) is 5.84. The smallest absolute Gasteiger partial charge is 0.222 e. The molecule has 1 aliphatic rings. The molecule has 0 spiro atoms. The number of primary amides is 1. The molecule has 1 saturated heterocycles. The van der Waals surface area contributed by atoms with E-state index in [2.05, 4.69) is 15.0 Å². The lowest BCUT2D eigenvalue weighted by Gasteiger charge is -2.15. The Hall–Kier alpha value is -1.63. The van der Waals surface area contributed by atoms with Crippen LogP contribution in [-0.2, 0) is 18.4 Å². The zero-order chi connectivity index (χ0) is 16.6. The number of carbonyl (C=O) groups is 1. The van der Waals surface area contributed by atoms with Gasteiger partial charge >= 0.3 is 0 Å². The zero-order valence-corrected chi connectivity index (χ0v) is 14.1. The number of aromatic nitrogens is 3. The third kappa shape index (κ3) is 3.49. The van der Waals surface area contributed by atoms with Crippen molar-refractivity contribution in [1.82, 2.24) is 19.7 Å². The summed E-state index contributed by atoms with van der Waals surface area (Å²) in [6.45, 7) is 1.84. The van der Waals surface area contributed by atoms with Crippen LogP contribution in [0.2, 0.25) is 10.0 Å². The molecule has 0 unspecified atom stereocenters. The Labute approximate surface area is 144 Å². The van der Waals surface area contributed by atoms with Crippen molar-refractivity contribution in [3.05, 3.63) is 46.0 Å². The first-order valence-electron chi connectivity index (χ1n) is 7.24. The summed E-state index contributed by atoms with van der Waals surface area (Å²) < 4.78 is 1.73. The van der Waals surface area contributed by atoms with E-state index in [0.717, 1.165) is 11.3 Å². The average molecular weight is 354 g/mol. The van der Waals surface area contributed by atoms with E-state index in [1.165, 1.54) is 0 Å². The minimum Gasteiger partial charge on any atom is -0.369 e. The molecule has 2 N–H and O–H groups in total. The number of pyridine rings is 1. The van der Waals surface area contributed by atoms with Crippen LogP contribution in [0.25, 0.3) is 0 Å². The molecule has 0 aromatic carbocycles. The number of hydrogen-bond acceptors (Lipinski definition) is 4. The Bertz CT molecular complexity index is 732. The summed E-state index contributed by atoms with van der Waals surface area (Å²) in [5.74, 6) is -0.505. The van der Waals surface area contributed by atoms with Gasteiger partial charge in [0.05, 0.1) is 27.9 Å². The topological polar surface area (TPSA) is 77.0 Å². The van der Waals surface area contributed by atoms with E-state index in [9.17, 15) is 4.79 Å². The van der Waals surface area contributed by atoms with Gasteiger partial charge in [0.1, 0.15) is 0 Å². The molecule has 1 fully saturated rings. The van der Waals surface area contributed by atoms with Gasteiger partial charge in [-0.3, -0.25) is 19.4 Å². The van der Waals surface area contributed by atoms with Crippen LogP contribution < -0.4 is 5.73 Å². The second-order valence-corrected chi connectivity index (χ2v) is 6.68. The maximum Gasteiger partial charge on any atom is 0.222 e. The molecule has 8 heteroatoms. The normalized spacial score (nSPS) is 21.7. The fourth-order valence-corrected chi connectivity index (χ4v) is 3.48. The Morgan fingerprint density at radius 2 is 2.17 bits per heavy atom. The molecule has 122 valence electrons. The first-order valence-corrected chi connectivity index (χ1v) is 7.99. The maximum atomic E-state index is 11.8. The summed E-state index contributed by atoms with van der Waals surface area (Å²) in [4.78, 5) is 18.2. The molecule has 0 aliphatic carbocycles. The van der Waals surface area contributed by atoms with Gasteiger partial charge in [-0.2, -0.15) is 5.10 Å². The van der Waals surface area contributed by atoms with Crippen molar-refractivity contribution in [1.29, 1.82) is 0 Å². The number of aryl methyl sites for hydroxylation is 1. The van der Waals surface area contributed by atoms with Gasteiger partial charge < -0.3 is 5.73 Å². The van der Waals surface area contributed by atoms with E-state index >= 15 is 0 Å². The van der Waals surface area contributed by atoms with Crippen LogP contribution in [0.1, 0.15) is 17.2 Å². The van der Waals surface area contributed by atoms with Crippen molar-refractivity contribution < 1.29 is 4.79 Å². The van der Waals surface area contributed by atoms with Gasteiger partial charge in [-0.05, 0) is 11.6 Å². The van der Waals surface area contributed by atoms with Crippen LogP contribution in [0.15, 0.2) is 24.7 Å². The number of rotatable bonds is 4. The van der Waals surface area contributed by atoms with E-state index in [0.29, 0.717) is 29.7 Å². The lowest BCUT2D eigenvalue weighted by molar-refractivity contribution is -0.121. The highest BCUT2D eigenvalue weighted by molar-refractivity contribution is 6.34.